The van der Waals surface area contributed by atoms with Crippen LogP contribution in [0.4, 0.5) is 4.39 Å². The Kier molecular flexibility index (Phi) is 5.75. The highest BCUT2D eigenvalue weighted by Gasteiger charge is 2.12. The molecule has 0 fully saturated rings. The maximum Gasteiger partial charge on any atom is 0.277 e. The molecular weight excluding hydrogens is 395 g/mol. The van der Waals surface area contributed by atoms with Gasteiger partial charge >= 0.3 is 0 Å². The van der Waals surface area contributed by atoms with Crippen molar-refractivity contribution in [3.8, 4) is 11.4 Å². The van der Waals surface area contributed by atoms with Crippen LogP contribution in [-0.2, 0) is 4.79 Å². The maximum atomic E-state index is 14.2. The lowest BCUT2D eigenvalue weighted by Gasteiger charge is -2.10. The quantitative estimate of drug-likeness (QED) is 0.376. The lowest BCUT2D eigenvalue weighted by molar-refractivity contribution is -0.123. The summed E-state index contributed by atoms with van der Waals surface area (Å²) in [5, 5.41) is 4.95. The number of benzene rings is 2. The highest BCUT2D eigenvalue weighted by atomic mass is 19.1. The number of rotatable bonds is 6. The second-order valence-corrected chi connectivity index (χ2v) is 7.03. The molecule has 2 heterocycles. The van der Waals surface area contributed by atoms with Gasteiger partial charge in [-0.15, -0.1) is 0 Å². The third kappa shape index (κ3) is 4.30. The average Bonchev–Trinajstić information content (AvgIpc) is 3.05. The standard InChI is InChI=1S/C24H21FN4O2/c1-16-13-19(17(2)29(16)21-10-4-3-9-20(21)25)14-27-28-23(30)15-31-22-11-5-7-18-8-6-12-26-24(18)22/h3-14H,15H2,1-2H3,(H,28,30). The lowest BCUT2D eigenvalue weighted by Crippen LogP contribution is -2.24. The summed E-state index contributed by atoms with van der Waals surface area (Å²) in [6.07, 6.45) is 3.22. The van der Waals surface area contributed by atoms with Crippen LogP contribution >= 0.6 is 0 Å². The number of amides is 1. The molecule has 0 aliphatic heterocycles. The summed E-state index contributed by atoms with van der Waals surface area (Å²) in [6, 6.07) is 17.8. The third-order valence-corrected chi connectivity index (χ3v) is 4.91. The molecule has 156 valence electrons. The van der Waals surface area contributed by atoms with Gasteiger partial charge in [-0.1, -0.05) is 30.3 Å². The Labute approximate surface area is 179 Å². The average molecular weight is 416 g/mol. The number of hydrogen-bond donors (Lipinski definition) is 1. The number of hydrazone groups is 1. The van der Waals surface area contributed by atoms with Crippen molar-refractivity contribution in [1.29, 1.82) is 0 Å². The zero-order valence-electron chi connectivity index (χ0n) is 17.2. The van der Waals surface area contributed by atoms with Crippen molar-refractivity contribution >= 4 is 23.0 Å². The summed E-state index contributed by atoms with van der Waals surface area (Å²) in [4.78, 5) is 16.4. The molecule has 1 N–H and O–H groups in total. The normalized spacial score (nSPS) is 11.2. The van der Waals surface area contributed by atoms with Gasteiger partial charge in [-0.2, -0.15) is 5.10 Å². The van der Waals surface area contributed by atoms with Crippen LogP contribution in [0.3, 0.4) is 0 Å². The first kappa shape index (κ1) is 20.3. The number of aryl methyl sites for hydroxylation is 1. The topological polar surface area (TPSA) is 68.5 Å². The van der Waals surface area contributed by atoms with E-state index in [0.29, 0.717) is 17.0 Å². The summed E-state index contributed by atoms with van der Waals surface area (Å²) in [5.74, 6) is -0.168. The molecule has 6 nitrogen and oxygen atoms in total. The fourth-order valence-corrected chi connectivity index (χ4v) is 3.46. The summed E-state index contributed by atoms with van der Waals surface area (Å²) in [6.45, 7) is 3.57. The van der Waals surface area contributed by atoms with Crippen molar-refractivity contribution in [1.82, 2.24) is 15.0 Å². The van der Waals surface area contributed by atoms with E-state index >= 15 is 0 Å². The third-order valence-electron chi connectivity index (χ3n) is 4.91. The van der Waals surface area contributed by atoms with Crippen molar-refractivity contribution in [2.45, 2.75) is 13.8 Å². The minimum absolute atomic E-state index is 0.193. The first-order valence-electron chi connectivity index (χ1n) is 9.77. The Morgan fingerprint density at radius 1 is 1.16 bits per heavy atom. The lowest BCUT2D eigenvalue weighted by atomic mass is 10.2. The summed E-state index contributed by atoms with van der Waals surface area (Å²) < 4.78 is 21.6. The minimum Gasteiger partial charge on any atom is -0.481 e. The Bertz CT molecular complexity index is 1270. The molecule has 2 aromatic heterocycles. The zero-order valence-corrected chi connectivity index (χ0v) is 17.2. The number of aromatic nitrogens is 2. The number of halogens is 1. The fourth-order valence-electron chi connectivity index (χ4n) is 3.46. The number of carbonyl (C=O) groups excluding carboxylic acids is 1. The number of carbonyl (C=O) groups is 1. The molecule has 7 heteroatoms. The zero-order chi connectivity index (χ0) is 21.8. The van der Waals surface area contributed by atoms with Crippen molar-refractivity contribution < 1.29 is 13.9 Å². The van der Waals surface area contributed by atoms with Crippen LogP contribution in [0, 0.1) is 19.7 Å². The molecule has 0 atom stereocenters. The summed E-state index contributed by atoms with van der Waals surface area (Å²) >= 11 is 0. The number of para-hydroxylation sites is 2. The van der Waals surface area contributed by atoms with Gasteiger partial charge in [-0.25, -0.2) is 9.82 Å². The van der Waals surface area contributed by atoms with Gasteiger partial charge in [0.25, 0.3) is 5.91 Å². The Morgan fingerprint density at radius 3 is 2.81 bits per heavy atom. The molecule has 0 spiro atoms. The highest BCUT2D eigenvalue weighted by molar-refractivity contribution is 5.86. The van der Waals surface area contributed by atoms with E-state index in [-0.39, 0.29) is 12.4 Å². The van der Waals surface area contributed by atoms with Gasteiger partial charge in [0.15, 0.2) is 6.61 Å². The number of nitrogens with one attached hydrogen (secondary N) is 1. The van der Waals surface area contributed by atoms with Gasteiger partial charge in [0.2, 0.25) is 0 Å². The second kappa shape index (κ2) is 8.79. The van der Waals surface area contributed by atoms with E-state index in [1.165, 1.54) is 12.3 Å². The molecule has 0 aliphatic rings. The summed E-state index contributed by atoms with van der Waals surface area (Å²) in [5.41, 5.74) is 6.08. The second-order valence-electron chi connectivity index (χ2n) is 7.03. The van der Waals surface area contributed by atoms with Gasteiger partial charge < -0.3 is 9.30 Å². The molecule has 0 saturated carbocycles. The fraction of sp³-hybridized carbons (Fsp3) is 0.125. The SMILES string of the molecule is Cc1cc(C=NNC(=O)COc2cccc3cccnc23)c(C)n1-c1ccccc1F. The van der Waals surface area contributed by atoms with E-state index in [1.54, 1.807) is 30.5 Å². The van der Waals surface area contributed by atoms with Crippen LogP contribution < -0.4 is 10.2 Å². The predicted octanol–water partition coefficient (Wildman–Crippen LogP) is 4.31. The molecule has 0 bridgehead atoms. The van der Waals surface area contributed by atoms with Crippen molar-refractivity contribution in [3.63, 3.8) is 0 Å². The van der Waals surface area contributed by atoms with Crippen LogP contribution in [-0.4, -0.2) is 28.3 Å². The van der Waals surface area contributed by atoms with E-state index < -0.39 is 5.91 Å². The van der Waals surface area contributed by atoms with E-state index in [2.05, 4.69) is 15.5 Å². The number of fused-ring (bicyclic) bond motifs is 1. The van der Waals surface area contributed by atoms with Gasteiger partial charge in [0.1, 0.15) is 17.1 Å². The molecule has 0 aliphatic carbocycles. The number of nitrogens with zero attached hydrogens (tertiary/aromatic N) is 3. The highest BCUT2D eigenvalue weighted by Crippen LogP contribution is 2.23. The Balaban J connectivity index is 1.41. The Morgan fingerprint density at radius 2 is 1.97 bits per heavy atom. The molecule has 0 radical (unpaired) electrons. The van der Waals surface area contributed by atoms with Crippen molar-refractivity contribution in [2.75, 3.05) is 6.61 Å². The first-order valence-corrected chi connectivity index (χ1v) is 9.77. The Hall–Kier alpha value is -4.00. The van der Waals surface area contributed by atoms with Crippen LogP contribution in [0.25, 0.3) is 16.6 Å². The molecular formula is C24H21FN4O2. The maximum absolute atomic E-state index is 14.2. The van der Waals surface area contributed by atoms with Crippen LogP contribution in [0.5, 0.6) is 5.75 Å². The van der Waals surface area contributed by atoms with Crippen LogP contribution in [0.15, 0.2) is 72.0 Å². The molecule has 4 aromatic rings. The van der Waals surface area contributed by atoms with Crippen LogP contribution in [0.1, 0.15) is 17.0 Å². The van der Waals surface area contributed by atoms with Gasteiger partial charge in [0.05, 0.1) is 11.9 Å². The first-order chi connectivity index (χ1) is 15.0. The van der Waals surface area contributed by atoms with E-state index in [0.717, 1.165) is 22.3 Å². The van der Waals surface area contributed by atoms with E-state index in [9.17, 15) is 9.18 Å². The number of hydrogen-bond acceptors (Lipinski definition) is 4. The summed E-state index contributed by atoms with van der Waals surface area (Å²) in [7, 11) is 0. The minimum atomic E-state index is -0.396. The largest absolute Gasteiger partial charge is 0.481 e. The van der Waals surface area contributed by atoms with Gasteiger partial charge in [-0.3, -0.25) is 9.78 Å². The number of pyridine rings is 1. The van der Waals surface area contributed by atoms with Gasteiger partial charge in [-0.05, 0) is 44.2 Å². The number of ether oxygens (including phenoxy) is 1. The van der Waals surface area contributed by atoms with Crippen molar-refractivity contribution in [3.05, 3.63) is 89.6 Å². The predicted molar refractivity (Wildman–Crippen MR) is 118 cm³/mol. The molecule has 0 saturated heterocycles. The molecule has 31 heavy (non-hydrogen) atoms. The van der Waals surface area contributed by atoms with Crippen LogP contribution in [0.2, 0.25) is 0 Å². The smallest absolute Gasteiger partial charge is 0.277 e. The van der Waals surface area contributed by atoms with E-state index in [4.69, 9.17) is 4.74 Å². The van der Waals surface area contributed by atoms with E-state index in [1.807, 2.05) is 48.7 Å². The molecule has 0 unspecified atom stereocenters. The molecule has 1 amide bonds. The van der Waals surface area contributed by atoms with Crippen molar-refractivity contribution in [2.24, 2.45) is 5.10 Å². The van der Waals surface area contributed by atoms with Gasteiger partial charge in [0, 0.05) is 28.5 Å². The molecule has 4 rings (SSSR count). The monoisotopic (exact) mass is 416 g/mol. The molecule has 2 aromatic carbocycles.